The molecule has 1 aliphatic heterocycles. The first-order valence-corrected chi connectivity index (χ1v) is 8.09. The molecule has 1 unspecified atom stereocenters. The van der Waals surface area contributed by atoms with Gasteiger partial charge in [-0.25, -0.2) is 14.4 Å². The van der Waals surface area contributed by atoms with Crippen LogP contribution in [0.25, 0.3) is 10.9 Å². The minimum Gasteiger partial charge on any atom is -0.494 e. The number of methoxy groups -OCH3 is 1. The average Bonchev–Trinajstić information content (AvgIpc) is 2.91. The van der Waals surface area contributed by atoms with Crippen LogP contribution in [0.15, 0.2) is 18.3 Å². The molecule has 1 fully saturated rings. The van der Waals surface area contributed by atoms with Gasteiger partial charge in [0.2, 0.25) is 5.88 Å². The van der Waals surface area contributed by atoms with Gasteiger partial charge in [-0.2, -0.15) is 0 Å². The lowest BCUT2D eigenvalue weighted by Crippen LogP contribution is -2.34. The van der Waals surface area contributed by atoms with Crippen molar-refractivity contribution < 1.29 is 23.5 Å². The molecule has 1 saturated heterocycles. The number of pyridine rings is 2. The van der Waals surface area contributed by atoms with Gasteiger partial charge in [-0.15, -0.1) is 0 Å². The van der Waals surface area contributed by atoms with Gasteiger partial charge in [0.1, 0.15) is 6.61 Å². The molecule has 0 aromatic carbocycles. The zero-order chi connectivity index (χ0) is 18.8. The quantitative estimate of drug-likeness (QED) is 0.818. The van der Waals surface area contributed by atoms with Gasteiger partial charge in [0.15, 0.2) is 17.6 Å². The van der Waals surface area contributed by atoms with Crippen molar-refractivity contribution in [1.29, 1.82) is 0 Å². The van der Waals surface area contributed by atoms with E-state index in [1.807, 2.05) is 0 Å². The van der Waals surface area contributed by atoms with E-state index in [1.165, 1.54) is 20.4 Å². The van der Waals surface area contributed by atoms with Crippen molar-refractivity contribution in [2.75, 3.05) is 20.8 Å². The number of alkyl halides is 1. The van der Waals surface area contributed by atoms with Gasteiger partial charge >= 0.3 is 0 Å². The summed E-state index contributed by atoms with van der Waals surface area (Å²) in [6.07, 6.45) is -0.0414. The van der Waals surface area contributed by atoms with Gasteiger partial charge in [0, 0.05) is 19.2 Å². The number of amides is 2. The predicted octanol–water partition coefficient (Wildman–Crippen LogP) is 0.849. The number of aromatic nitrogens is 2. The molecule has 138 valence electrons. The number of ether oxygens (including phenoxy) is 2. The Labute approximate surface area is 149 Å². The van der Waals surface area contributed by atoms with E-state index in [0.717, 1.165) is 0 Å². The van der Waals surface area contributed by atoms with Crippen LogP contribution in [0.2, 0.25) is 0 Å². The Kier molecular flexibility index (Phi) is 4.88. The van der Waals surface area contributed by atoms with Crippen LogP contribution in [-0.2, 0) is 4.79 Å². The number of fused-ring (bicyclic) bond motifs is 1. The number of nitrogens with one attached hydrogen (secondary N) is 2. The van der Waals surface area contributed by atoms with Crippen LogP contribution in [0.5, 0.6) is 11.6 Å². The van der Waals surface area contributed by atoms with Gasteiger partial charge in [-0.05, 0) is 12.1 Å². The summed E-state index contributed by atoms with van der Waals surface area (Å²) in [4.78, 5) is 31.8. The van der Waals surface area contributed by atoms with Crippen LogP contribution in [0.1, 0.15) is 17.4 Å². The van der Waals surface area contributed by atoms with E-state index in [9.17, 15) is 14.0 Å². The van der Waals surface area contributed by atoms with Crippen molar-refractivity contribution in [1.82, 2.24) is 20.6 Å². The second-order valence-electron chi connectivity index (χ2n) is 5.99. The highest BCUT2D eigenvalue weighted by molar-refractivity contribution is 5.98. The fourth-order valence-electron chi connectivity index (χ4n) is 2.80. The summed E-state index contributed by atoms with van der Waals surface area (Å²) in [6, 6.07) is 2.81. The molecule has 26 heavy (non-hydrogen) atoms. The van der Waals surface area contributed by atoms with Crippen LogP contribution in [-0.4, -0.2) is 54.8 Å². The largest absolute Gasteiger partial charge is 0.494 e. The molecule has 2 amide bonds. The number of carbonyl (C=O) groups is 2. The lowest BCUT2D eigenvalue weighted by Gasteiger charge is -2.17. The smallest absolute Gasteiger partial charge is 0.273 e. The van der Waals surface area contributed by atoms with E-state index >= 15 is 0 Å². The molecule has 2 aromatic rings. The first-order valence-electron chi connectivity index (χ1n) is 8.09. The Hall–Kier alpha value is -2.97. The zero-order valence-corrected chi connectivity index (χ0v) is 14.6. The fourth-order valence-corrected chi connectivity index (χ4v) is 2.80. The minimum atomic E-state index is -1.54. The lowest BCUT2D eigenvalue weighted by atomic mass is 10.0. The van der Waals surface area contributed by atoms with Crippen LogP contribution >= 0.6 is 0 Å². The molecule has 0 saturated carbocycles. The summed E-state index contributed by atoms with van der Waals surface area (Å²) in [7, 11) is 2.94. The standard InChI is InChI=1S/C17H19FN4O4/c1-8-11(22-15(23)13(8)18)7-26-17-9-6-12(25-3)14(16(24)19-2)21-10(9)4-5-20-17/h4-6,8,11,13H,7H2,1-3H3,(H,19,24)(H,22,23)/t8-,11?,13-/m0/s1. The Bertz CT molecular complexity index is 860. The normalized spacial score (nSPS) is 22.2. The molecule has 3 rings (SSSR count). The molecule has 3 heterocycles. The summed E-state index contributed by atoms with van der Waals surface area (Å²) >= 11 is 0. The first-order chi connectivity index (χ1) is 12.5. The molecular formula is C17H19FN4O4. The number of hydrogen-bond donors (Lipinski definition) is 2. The molecule has 8 nitrogen and oxygen atoms in total. The fraction of sp³-hybridized carbons (Fsp3) is 0.412. The van der Waals surface area contributed by atoms with Crippen LogP contribution in [0.4, 0.5) is 4.39 Å². The van der Waals surface area contributed by atoms with Gasteiger partial charge in [-0.3, -0.25) is 9.59 Å². The summed E-state index contributed by atoms with van der Waals surface area (Å²) < 4.78 is 24.6. The van der Waals surface area contributed by atoms with Gasteiger partial charge < -0.3 is 20.1 Å². The maximum atomic E-state index is 13.6. The molecule has 0 spiro atoms. The Morgan fingerprint density at radius 1 is 1.46 bits per heavy atom. The van der Waals surface area contributed by atoms with Crippen molar-refractivity contribution in [2.45, 2.75) is 19.1 Å². The molecule has 3 atom stereocenters. The molecular weight excluding hydrogens is 343 g/mol. The number of hydrogen-bond acceptors (Lipinski definition) is 6. The third-order valence-electron chi connectivity index (χ3n) is 4.41. The highest BCUT2D eigenvalue weighted by atomic mass is 19.1. The van der Waals surface area contributed by atoms with Gasteiger partial charge in [0.05, 0.1) is 24.1 Å². The molecule has 0 radical (unpaired) electrons. The van der Waals surface area contributed by atoms with E-state index in [2.05, 4.69) is 20.6 Å². The second-order valence-corrected chi connectivity index (χ2v) is 5.99. The SMILES string of the molecule is CNC(=O)c1nc2ccnc(OCC3NC(=O)[C@@H](F)[C@H]3C)c2cc1OC. The maximum absolute atomic E-state index is 13.6. The van der Waals surface area contributed by atoms with Gasteiger partial charge in [-0.1, -0.05) is 6.92 Å². The van der Waals surface area contributed by atoms with Gasteiger partial charge in [0.25, 0.3) is 11.8 Å². The van der Waals surface area contributed by atoms with Crippen LogP contribution < -0.4 is 20.1 Å². The Balaban J connectivity index is 1.89. The molecule has 9 heteroatoms. The lowest BCUT2D eigenvalue weighted by molar-refractivity contribution is -0.123. The zero-order valence-electron chi connectivity index (χ0n) is 14.6. The molecule has 2 aromatic heterocycles. The van der Waals surface area contributed by atoms with E-state index in [4.69, 9.17) is 9.47 Å². The second kappa shape index (κ2) is 7.11. The number of rotatable bonds is 5. The van der Waals surface area contributed by atoms with Crippen molar-refractivity contribution in [2.24, 2.45) is 5.92 Å². The number of halogens is 1. The Morgan fingerprint density at radius 3 is 2.85 bits per heavy atom. The summed E-state index contributed by atoms with van der Waals surface area (Å²) in [6.45, 7) is 1.71. The van der Waals surface area contributed by atoms with Crippen molar-refractivity contribution in [3.05, 3.63) is 24.0 Å². The Morgan fingerprint density at radius 2 is 2.23 bits per heavy atom. The predicted molar refractivity (Wildman–Crippen MR) is 91.0 cm³/mol. The highest BCUT2D eigenvalue weighted by Crippen LogP contribution is 2.29. The van der Waals surface area contributed by atoms with E-state index in [0.29, 0.717) is 10.9 Å². The third-order valence-corrected chi connectivity index (χ3v) is 4.41. The monoisotopic (exact) mass is 362 g/mol. The molecule has 2 N–H and O–H groups in total. The average molecular weight is 362 g/mol. The van der Waals surface area contributed by atoms with E-state index in [1.54, 1.807) is 19.1 Å². The summed E-state index contributed by atoms with van der Waals surface area (Å²) in [5, 5.41) is 5.62. The number of nitrogens with zero attached hydrogens (tertiary/aromatic N) is 2. The molecule has 0 aliphatic carbocycles. The van der Waals surface area contributed by atoms with Crippen LogP contribution in [0.3, 0.4) is 0 Å². The van der Waals surface area contributed by atoms with E-state index in [-0.39, 0.29) is 29.8 Å². The molecule has 1 aliphatic rings. The number of carbonyl (C=O) groups excluding carboxylic acids is 2. The summed E-state index contributed by atoms with van der Waals surface area (Å²) in [5.41, 5.74) is 0.651. The third kappa shape index (κ3) is 3.12. The molecule has 0 bridgehead atoms. The minimum absolute atomic E-state index is 0.0684. The topological polar surface area (TPSA) is 102 Å². The van der Waals surface area contributed by atoms with Crippen molar-refractivity contribution in [3.8, 4) is 11.6 Å². The van der Waals surface area contributed by atoms with Crippen LogP contribution in [0, 0.1) is 5.92 Å². The maximum Gasteiger partial charge on any atom is 0.273 e. The first kappa shape index (κ1) is 17.8. The highest BCUT2D eigenvalue weighted by Gasteiger charge is 2.40. The van der Waals surface area contributed by atoms with E-state index < -0.39 is 24.0 Å². The van der Waals surface area contributed by atoms with Crippen molar-refractivity contribution in [3.63, 3.8) is 0 Å². The van der Waals surface area contributed by atoms with Crippen molar-refractivity contribution >= 4 is 22.7 Å². The summed E-state index contributed by atoms with van der Waals surface area (Å²) in [5.74, 6) is -0.957.